The Morgan fingerprint density at radius 2 is 2.08 bits per heavy atom. The lowest BCUT2D eigenvalue weighted by atomic mass is 10.0. The molecule has 1 saturated heterocycles. The van der Waals surface area contributed by atoms with Gasteiger partial charge in [0.05, 0.1) is 0 Å². The molecule has 3 heterocycles. The summed E-state index contributed by atoms with van der Waals surface area (Å²) < 4.78 is 26.4. The van der Waals surface area contributed by atoms with E-state index in [0.29, 0.717) is 37.6 Å². The largest absolute Gasteiger partial charge is 0.355 e. The number of aryl methyl sites for hydroxylation is 1. The highest BCUT2D eigenvalue weighted by atomic mass is 35.5. The van der Waals surface area contributed by atoms with E-state index in [4.69, 9.17) is 16.7 Å². The summed E-state index contributed by atoms with van der Waals surface area (Å²) in [5.41, 5.74) is 1.90. The van der Waals surface area contributed by atoms with Crippen molar-refractivity contribution in [2.75, 3.05) is 24.5 Å². The number of anilines is 1. The number of fused-ring (bicyclic) bond motifs is 1. The molecular weight excluding hydrogens is 352 g/mol. The van der Waals surface area contributed by atoms with Crippen molar-refractivity contribution < 1.29 is 8.42 Å². The molecule has 2 N–H and O–H groups in total. The molecule has 3 rings (SSSR count). The van der Waals surface area contributed by atoms with Crippen molar-refractivity contribution >= 4 is 33.1 Å². The molecule has 0 bridgehead atoms. The van der Waals surface area contributed by atoms with Gasteiger partial charge in [0, 0.05) is 25.7 Å². The van der Waals surface area contributed by atoms with E-state index >= 15 is 0 Å². The average Bonchev–Trinajstić information content (AvgIpc) is 2.82. The molecule has 1 aliphatic heterocycles. The first kappa shape index (κ1) is 17.4. The van der Waals surface area contributed by atoms with Gasteiger partial charge in [-0.25, -0.2) is 14.6 Å². The van der Waals surface area contributed by atoms with Crippen LogP contribution < -0.4 is 10.0 Å². The van der Waals surface area contributed by atoms with Crippen LogP contribution in [-0.4, -0.2) is 53.0 Å². The molecule has 10 heteroatoms. The molecule has 0 aromatic carbocycles. The van der Waals surface area contributed by atoms with E-state index in [1.807, 2.05) is 13.0 Å². The van der Waals surface area contributed by atoms with E-state index in [9.17, 15) is 8.42 Å². The summed E-state index contributed by atoms with van der Waals surface area (Å²) in [6.45, 7) is 5.56. The molecule has 0 aliphatic carbocycles. The third kappa shape index (κ3) is 3.08. The van der Waals surface area contributed by atoms with Gasteiger partial charge in [-0.2, -0.15) is 17.8 Å². The summed E-state index contributed by atoms with van der Waals surface area (Å²) in [6.07, 6.45) is 2.89. The average molecular weight is 373 g/mol. The van der Waals surface area contributed by atoms with Crippen molar-refractivity contribution in [2.24, 2.45) is 5.14 Å². The van der Waals surface area contributed by atoms with Gasteiger partial charge in [-0.05, 0) is 31.4 Å². The topological polar surface area (TPSA) is 96.8 Å². The van der Waals surface area contributed by atoms with E-state index in [2.05, 4.69) is 15.0 Å². The molecule has 0 unspecified atom stereocenters. The van der Waals surface area contributed by atoms with E-state index in [0.717, 1.165) is 16.9 Å². The van der Waals surface area contributed by atoms with Gasteiger partial charge in [-0.15, -0.1) is 0 Å². The first-order chi connectivity index (χ1) is 11.3. The number of nitrogens with zero attached hydrogens (tertiary/aromatic N) is 5. The zero-order valence-electron chi connectivity index (χ0n) is 13.7. The lowest BCUT2D eigenvalue weighted by Gasteiger charge is -2.37. The van der Waals surface area contributed by atoms with Crippen LogP contribution in [0.1, 0.15) is 25.3 Å². The number of hydrogen-bond acceptors (Lipinski definition) is 5. The fraction of sp³-hybridized carbons (Fsp3) is 0.571. The first-order valence-electron chi connectivity index (χ1n) is 7.86. The number of piperidine rings is 1. The Morgan fingerprint density at radius 3 is 2.67 bits per heavy atom. The predicted octanol–water partition coefficient (Wildman–Crippen LogP) is 1.19. The maximum absolute atomic E-state index is 11.7. The summed E-state index contributed by atoms with van der Waals surface area (Å²) in [5, 5.41) is 10.0. The van der Waals surface area contributed by atoms with Gasteiger partial charge < -0.3 is 4.90 Å². The Morgan fingerprint density at radius 1 is 1.42 bits per heavy atom. The quantitative estimate of drug-likeness (QED) is 0.869. The molecule has 24 heavy (non-hydrogen) atoms. The molecule has 1 fully saturated rings. The van der Waals surface area contributed by atoms with Crippen molar-refractivity contribution in [1.82, 2.24) is 18.9 Å². The molecule has 132 valence electrons. The Kier molecular flexibility index (Phi) is 4.69. The maximum atomic E-state index is 11.7. The normalized spacial score (nSPS) is 17.1. The second-order valence-electron chi connectivity index (χ2n) is 5.96. The molecule has 2 aromatic heterocycles. The van der Waals surface area contributed by atoms with Gasteiger partial charge in [-0.3, -0.25) is 0 Å². The highest BCUT2D eigenvalue weighted by Crippen LogP contribution is 2.29. The molecule has 0 amide bonds. The van der Waals surface area contributed by atoms with Crippen LogP contribution in [0, 0.1) is 6.92 Å². The molecule has 2 aromatic rings. The van der Waals surface area contributed by atoms with Crippen molar-refractivity contribution in [3.05, 3.63) is 23.1 Å². The number of nitrogens with two attached hydrogens (primary N) is 1. The zero-order chi connectivity index (χ0) is 17.5. The number of hydrogen-bond donors (Lipinski definition) is 1. The predicted molar refractivity (Wildman–Crippen MR) is 93.5 cm³/mol. The van der Waals surface area contributed by atoms with Crippen molar-refractivity contribution in [1.29, 1.82) is 0 Å². The number of aromatic nitrogens is 3. The molecule has 0 radical (unpaired) electrons. The fourth-order valence-electron chi connectivity index (χ4n) is 3.40. The Balaban J connectivity index is 1.83. The number of rotatable bonds is 4. The van der Waals surface area contributed by atoms with E-state index in [-0.39, 0.29) is 6.04 Å². The van der Waals surface area contributed by atoms with Gasteiger partial charge in [-0.1, -0.05) is 18.5 Å². The molecule has 0 spiro atoms. The molecule has 0 atom stereocenters. The molecule has 8 nitrogen and oxygen atoms in total. The van der Waals surface area contributed by atoms with Crippen LogP contribution in [0.15, 0.2) is 12.4 Å². The summed E-state index contributed by atoms with van der Waals surface area (Å²) in [7, 11) is -3.67. The smallest absolute Gasteiger partial charge is 0.277 e. The van der Waals surface area contributed by atoms with Crippen molar-refractivity contribution in [2.45, 2.75) is 32.7 Å². The van der Waals surface area contributed by atoms with Gasteiger partial charge in [0.1, 0.15) is 17.0 Å². The van der Waals surface area contributed by atoms with Gasteiger partial charge in [0.15, 0.2) is 5.82 Å². The second-order valence-corrected chi connectivity index (χ2v) is 7.85. The highest BCUT2D eigenvalue weighted by Gasteiger charge is 2.30. The highest BCUT2D eigenvalue weighted by molar-refractivity contribution is 7.86. The molecule has 1 aliphatic rings. The Hall–Kier alpha value is -1.42. The monoisotopic (exact) mass is 372 g/mol. The van der Waals surface area contributed by atoms with Crippen LogP contribution in [-0.2, 0) is 10.2 Å². The summed E-state index contributed by atoms with van der Waals surface area (Å²) in [5.74, 6) is 0.825. The van der Waals surface area contributed by atoms with Crippen molar-refractivity contribution in [3.8, 4) is 0 Å². The van der Waals surface area contributed by atoms with Crippen LogP contribution in [0.3, 0.4) is 0 Å². The van der Waals surface area contributed by atoms with E-state index in [1.165, 1.54) is 10.6 Å². The Labute approximate surface area is 146 Å². The lowest BCUT2D eigenvalue weighted by molar-refractivity contribution is 0.283. The molecule has 0 saturated carbocycles. The van der Waals surface area contributed by atoms with E-state index in [1.54, 1.807) is 11.4 Å². The lowest BCUT2D eigenvalue weighted by Crippen LogP contribution is -2.49. The van der Waals surface area contributed by atoms with Gasteiger partial charge in [0.2, 0.25) is 0 Å². The van der Waals surface area contributed by atoms with Crippen molar-refractivity contribution in [3.63, 3.8) is 0 Å². The Bertz CT molecular complexity index is 844. The van der Waals surface area contributed by atoms with Crippen LogP contribution in [0.4, 0.5) is 5.82 Å². The minimum absolute atomic E-state index is 0.0735. The van der Waals surface area contributed by atoms with Crippen LogP contribution in [0.25, 0.3) is 5.52 Å². The maximum Gasteiger partial charge on any atom is 0.277 e. The van der Waals surface area contributed by atoms with Crippen LogP contribution in [0.2, 0.25) is 5.15 Å². The van der Waals surface area contributed by atoms with Gasteiger partial charge in [0.25, 0.3) is 10.2 Å². The number of halogens is 1. The van der Waals surface area contributed by atoms with Crippen LogP contribution in [0.5, 0.6) is 0 Å². The SMILES string of the molecule is CCN(C1CCN(c2ncnn3c(Cl)cc(C)c23)CC1)S(N)(=O)=O. The summed E-state index contributed by atoms with van der Waals surface area (Å²) in [4.78, 5) is 6.57. The summed E-state index contributed by atoms with van der Waals surface area (Å²) in [6, 6.07) is 1.79. The standard InChI is InChI=1S/C14H21ClN6O2S/c1-3-20(24(16,22)23)11-4-6-19(7-5-11)14-13-10(2)8-12(15)21(13)18-9-17-14/h8-9,11H,3-7H2,1-2H3,(H2,16,22,23). The molecular formula is C14H21ClN6O2S. The zero-order valence-corrected chi connectivity index (χ0v) is 15.3. The fourth-order valence-corrected chi connectivity index (χ4v) is 4.68. The second kappa shape index (κ2) is 6.47. The minimum Gasteiger partial charge on any atom is -0.355 e. The first-order valence-corrected chi connectivity index (χ1v) is 9.74. The van der Waals surface area contributed by atoms with E-state index < -0.39 is 10.2 Å². The minimum atomic E-state index is -3.67. The van der Waals surface area contributed by atoms with Gasteiger partial charge >= 0.3 is 0 Å². The van der Waals surface area contributed by atoms with Crippen LogP contribution >= 0.6 is 11.6 Å². The third-order valence-corrected chi connectivity index (χ3v) is 5.97. The summed E-state index contributed by atoms with van der Waals surface area (Å²) >= 11 is 6.19. The third-order valence-electron chi connectivity index (χ3n) is 4.49.